The lowest BCUT2D eigenvalue weighted by Gasteiger charge is -2.35. The molecule has 1 N–H and O–H groups in total. The van der Waals surface area contributed by atoms with Crippen molar-refractivity contribution in [3.8, 4) is 0 Å². The van der Waals surface area contributed by atoms with Crippen LogP contribution < -0.4 is 10.2 Å². The van der Waals surface area contributed by atoms with Crippen molar-refractivity contribution in [3.05, 3.63) is 29.8 Å². The van der Waals surface area contributed by atoms with Crippen LogP contribution in [0.3, 0.4) is 0 Å². The Labute approximate surface area is 110 Å². The SMILES string of the molecule is CNC1CCN(CCCCOC)c2ccccc21. The van der Waals surface area contributed by atoms with E-state index in [1.54, 1.807) is 7.11 Å². The number of para-hydroxylation sites is 1. The summed E-state index contributed by atoms with van der Waals surface area (Å²) in [5.41, 5.74) is 2.85. The molecule has 0 saturated carbocycles. The summed E-state index contributed by atoms with van der Waals surface area (Å²) in [4.78, 5) is 2.51. The Bertz CT molecular complexity index is 367. The molecule has 0 saturated heterocycles. The van der Waals surface area contributed by atoms with Crippen LogP contribution in [0.2, 0.25) is 0 Å². The van der Waals surface area contributed by atoms with Gasteiger partial charge in [-0.1, -0.05) is 18.2 Å². The molecule has 3 heteroatoms. The van der Waals surface area contributed by atoms with Gasteiger partial charge < -0.3 is 15.0 Å². The number of fused-ring (bicyclic) bond motifs is 1. The number of rotatable bonds is 6. The van der Waals surface area contributed by atoms with Crippen molar-refractivity contribution in [2.45, 2.75) is 25.3 Å². The van der Waals surface area contributed by atoms with Crippen LogP contribution >= 0.6 is 0 Å². The molecule has 2 rings (SSSR count). The van der Waals surface area contributed by atoms with Gasteiger partial charge in [0.2, 0.25) is 0 Å². The highest BCUT2D eigenvalue weighted by atomic mass is 16.5. The van der Waals surface area contributed by atoms with E-state index in [0.29, 0.717) is 6.04 Å². The highest BCUT2D eigenvalue weighted by Crippen LogP contribution is 2.33. The van der Waals surface area contributed by atoms with E-state index in [-0.39, 0.29) is 0 Å². The molecule has 3 nitrogen and oxygen atoms in total. The van der Waals surface area contributed by atoms with Gasteiger partial charge in [-0.25, -0.2) is 0 Å². The molecule has 1 aliphatic heterocycles. The quantitative estimate of drug-likeness (QED) is 0.783. The number of anilines is 1. The van der Waals surface area contributed by atoms with Gasteiger partial charge in [-0.3, -0.25) is 0 Å². The highest BCUT2D eigenvalue weighted by Gasteiger charge is 2.22. The second-order valence-corrected chi connectivity index (χ2v) is 4.88. The summed E-state index contributed by atoms with van der Waals surface area (Å²) < 4.78 is 5.11. The average Bonchev–Trinajstić information content (AvgIpc) is 2.43. The lowest BCUT2D eigenvalue weighted by Crippen LogP contribution is -2.35. The average molecular weight is 248 g/mol. The normalized spacial score (nSPS) is 18.8. The van der Waals surface area contributed by atoms with E-state index >= 15 is 0 Å². The number of methoxy groups -OCH3 is 1. The van der Waals surface area contributed by atoms with Gasteiger partial charge in [-0.15, -0.1) is 0 Å². The Morgan fingerprint density at radius 2 is 2.17 bits per heavy atom. The van der Waals surface area contributed by atoms with Crippen LogP contribution in [-0.4, -0.2) is 33.9 Å². The summed E-state index contributed by atoms with van der Waals surface area (Å²) >= 11 is 0. The molecule has 1 heterocycles. The maximum atomic E-state index is 5.11. The Morgan fingerprint density at radius 1 is 1.33 bits per heavy atom. The van der Waals surface area contributed by atoms with Crippen LogP contribution in [0.15, 0.2) is 24.3 Å². The smallest absolute Gasteiger partial charge is 0.0462 e. The summed E-state index contributed by atoms with van der Waals surface area (Å²) in [6.07, 6.45) is 3.54. The van der Waals surface area contributed by atoms with E-state index in [2.05, 4.69) is 41.5 Å². The summed E-state index contributed by atoms with van der Waals surface area (Å²) in [5, 5.41) is 3.41. The lowest BCUT2D eigenvalue weighted by molar-refractivity contribution is 0.193. The molecule has 0 bridgehead atoms. The molecule has 18 heavy (non-hydrogen) atoms. The van der Waals surface area contributed by atoms with Gasteiger partial charge in [0.1, 0.15) is 0 Å². The number of nitrogens with one attached hydrogen (secondary N) is 1. The number of hydrogen-bond donors (Lipinski definition) is 1. The minimum absolute atomic E-state index is 0.511. The van der Waals surface area contributed by atoms with Crippen LogP contribution in [0.1, 0.15) is 30.9 Å². The van der Waals surface area contributed by atoms with Crippen molar-refractivity contribution in [1.82, 2.24) is 5.32 Å². The monoisotopic (exact) mass is 248 g/mol. The zero-order valence-electron chi connectivity index (χ0n) is 11.5. The molecule has 100 valence electrons. The van der Waals surface area contributed by atoms with Crippen molar-refractivity contribution >= 4 is 5.69 Å². The van der Waals surface area contributed by atoms with Gasteiger partial charge in [-0.2, -0.15) is 0 Å². The van der Waals surface area contributed by atoms with Gasteiger partial charge in [0.15, 0.2) is 0 Å². The first-order chi connectivity index (χ1) is 8.86. The van der Waals surface area contributed by atoms with Crippen LogP contribution in [-0.2, 0) is 4.74 Å². The largest absolute Gasteiger partial charge is 0.385 e. The van der Waals surface area contributed by atoms with Crippen molar-refractivity contribution in [3.63, 3.8) is 0 Å². The second-order valence-electron chi connectivity index (χ2n) is 4.88. The molecule has 1 aromatic carbocycles. The Balaban J connectivity index is 2.01. The number of unbranched alkanes of at least 4 members (excludes halogenated alkanes) is 1. The Hall–Kier alpha value is -1.06. The zero-order valence-corrected chi connectivity index (χ0v) is 11.5. The van der Waals surface area contributed by atoms with Gasteiger partial charge in [-0.05, 0) is 37.9 Å². The molecule has 1 aliphatic rings. The summed E-state index contributed by atoms with van der Waals surface area (Å²) in [6, 6.07) is 9.28. The van der Waals surface area contributed by atoms with Crippen molar-refractivity contribution in [2.24, 2.45) is 0 Å². The lowest BCUT2D eigenvalue weighted by atomic mass is 9.96. The molecule has 0 fully saturated rings. The van der Waals surface area contributed by atoms with Crippen LogP contribution in [0, 0.1) is 0 Å². The molecule has 0 radical (unpaired) electrons. The first-order valence-electron chi connectivity index (χ1n) is 6.87. The minimum atomic E-state index is 0.511. The predicted octanol–water partition coefficient (Wildman–Crippen LogP) is 2.58. The van der Waals surface area contributed by atoms with E-state index in [1.807, 2.05) is 0 Å². The molecule has 1 unspecified atom stereocenters. The van der Waals surface area contributed by atoms with E-state index in [0.717, 1.165) is 26.1 Å². The maximum absolute atomic E-state index is 5.11. The fourth-order valence-electron chi connectivity index (χ4n) is 2.71. The van der Waals surface area contributed by atoms with E-state index in [9.17, 15) is 0 Å². The van der Waals surface area contributed by atoms with Gasteiger partial charge >= 0.3 is 0 Å². The summed E-state index contributed by atoms with van der Waals surface area (Å²) in [7, 11) is 3.82. The van der Waals surface area contributed by atoms with Crippen molar-refractivity contribution < 1.29 is 4.74 Å². The fraction of sp³-hybridized carbons (Fsp3) is 0.600. The number of benzene rings is 1. The van der Waals surface area contributed by atoms with E-state index in [4.69, 9.17) is 4.74 Å². The second kappa shape index (κ2) is 6.76. The first kappa shape index (κ1) is 13.4. The number of ether oxygens (including phenoxy) is 1. The maximum Gasteiger partial charge on any atom is 0.0462 e. The summed E-state index contributed by atoms with van der Waals surface area (Å²) in [5.74, 6) is 0. The molecular formula is C15H24N2O. The van der Waals surface area contributed by atoms with E-state index in [1.165, 1.54) is 24.1 Å². The Kier molecular flexibility index (Phi) is 5.02. The molecule has 0 aromatic heterocycles. The minimum Gasteiger partial charge on any atom is -0.385 e. The third kappa shape index (κ3) is 3.03. The van der Waals surface area contributed by atoms with Crippen LogP contribution in [0.5, 0.6) is 0 Å². The van der Waals surface area contributed by atoms with Crippen molar-refractivity contribution in [1.29, 1.82) is 0 Å². The van der Waals surface area contributed by atoms with E-state index < -0.39 is 0 Å². The predicted molar refractivity (Wildman–Crippen MR) is 76.2 cm³/mol. The topological polar surface area (TPSA) is 24.5 Å². The first-order valence-corrected chi connectivity index (χ1v) is 6.87. The van der Waals surface area contributed by atoms with Gasteiger partial charge in [0.05, 0.1) is 0 Å². The molecule has 0 spiro atoms. The zero-order chi connectivity index (χ0) is 12.8. The summed E-state index contributed by atoms with van der Waals surface area (Å²) in [6.45, 7) is 3.15. The molecule has 0 amide bonds. The molecule has 1 atom stereocenters. The third-order valence-corrected chi connectivity index (χ3v) is 3.72. The standard InChI is InChI=1S/C15H24N2O/c1-16-14-9-11-17(10-5-6-12-18-2)15-8-4-3-7-13(14)15/h3-4,7-8,14,16H,5-6,9-12H2,1-2H3. The molecular weight excluding hydrogens is 224 g/mol. The third-order valence-electron chi connectivity index (χ3n) is 3.72. The van der Waals surface area contributed by atoms with Crippen molar-refractivity contribution in [2.75, 3.05) is 38.8 Å². The van der Waals surface area contributed by atoms with Gasteiger partial charge in [0.25, 0.3) is 0 Å². The molecule has 0 aliphatic carbocycles. The number of nitrogens with zero attached hydrogens (tertiary/aromatic N) is 1. The van der Waals surface area contributed by atoms with Crippen LogP contribution in [0.4, 0.5) is 5.69 Å². The highest BCUT2D eigenvalue weighted by molar-refractivity contribution is 5.56. The fourth-order valence-corrected chi connectivity index (χ4v) is 2.71. The van der Waals surface area contributed by atoms with Gasteiger partial charge in [0, 0.05) is 38.5 Å². The molecule has 1 aromatic rings. The van der Waals surface area contributed by atoms with Crippen LogP contribution in [0.25, 0.3) is 0 Å². The number of hydrogen-bond acceptors (Lipinski definition) is 3. The Morgan fingerprint density at radius 3 is 2.94 bits per heavy atom.